The van der Waals surface area contributed by atoms with Gasteiger partial charge in [-0.05, 0) is 36.8 Å². The average Bonchev–Trinajstić information content (AvgIpc) is 2.29. The van der Waals surface area contributed by atoms with Gasteiger partial charge in [-0.1, -0.05) is 37.8 Å². The van der Waals surface area contributed by atoms with Gasteiger partial charge in [0.05, 0.1) is 0 Å². The minimum Gasteiger partial charge on any atom is -0.385 e. The van der Waals surface area contributed by atoms with Crippen molar-refractivity contribution in [1.82, 2.24) is 4.98 Å². The molecule has 0 spiro atoms. The second-order valence-corrected chi connectivity index (χ2v) is 5.61. The molecule has 3 heteroatoms. The number of nitrogens with zero attached hydrogens (tertiary/aromatic N) is 1. The topological polar surface area (TPSA) is 24.9 Å². The van der Waals surface area contributed by atoms with Gasteiger partial charge in [-0.15, -0.1) is 0 Å². The Labute approximate surface area is 109 Å². The van der Waals surface area contributed by atoms with Crippen LogP contribution in [0.2, 0.25) is 5.15 Å². The van der Waals surface area contributed by atoms with Crippen molar-refractivity contribution >= 4 is 17.3 Å². The molecule has 2 nitrogen and oxygen atoms in total. The Kier molecular flexibility index (Phi) is 4.66. The molecular formula is C14H21ClN2. The molecule has 1 saturated carbocycles. The highest BCUT2D eigenvalue weighted by Crippen LogP contribution is 2.30. The Bertz CT molecular complexity index is 354. The van der Waals surface area contributed by atoms with Crippen LogP contribution in [0.4, 0.5) is 5.69 Å². The maximum absolute atomic E-state index is 5.84. The molecule has 0 bridgehead atoms. The van der Waals surface area contributed by atoms with Gasteiger partial charge in [-0.2, -0.15) is 0 Å². The fraction of sp³-hybridized carbons (Fsp3) is 0.643. The Morgan fingerprint density at radius 2 is 2.35 bits per heavy atom. The van der Waals surface area contributed by atoms with Gasteiger partial charge in [0.2, 0.25) is 0 Å². The molecule has 2 rings (SSSR count). The number of hydrogen-bond acceptors (Lipinski definition) is 2. The summed E-state index contributed by atoms with van der Waals surface area (Å²) in [6.07, 6.45) is 8.65. The van der Waals surface area contributed by atoms with E-state index in [9.17, 15) is 0 Å². The highest BCUT2D eigenvalue weighted by molar-refractivity contribution is 6.29. The van der Waals surface area contributed by atoms with Crippen molar-refractivity contribution in [2.45, 2.75) is 39.0 Å². The molecule has 0 aliphatic heterocycles. The third-order valence-electron chi connectivity index (χ3n) is 3.65. The summed E-state index contributed by atoms with van der Waals surface area (Å²) in [5, 5.41) is 3.98. The highest BCUT2D eigenvalue weighted by Gasteiger charge is 2.18. The molecule has 1 aromatic heterocycles. The number of aromatic nitrogens is 1. The molecule has 2 unspecified atom stereocenters. The minimum atomic E-state index is 0.557. The maximum Gasteiger partial charge on any atom is 0.131 e. The average molecular weight is 253 g/mol. The molecule has 94 valence electrons. The third-order valence-corrected chi connectivity index (χ3v) is 3.86. The van der Waals surface area contributed by atoms with Gasteiger partial charge in [0.15, 0.2) is 0 Å². The van der Waals surface area contributed by atoms with Crippen molar-refractivity contribution in [2.24, 2.45) is 11.8 Å². The Balaban J connectivity index is 1.72. The molecule has 0 amide bonds. The summed E-state index contributed by atoms with van der Waals surface area (Å²) in [6, 6.07) is 3.85. The van der Waals surface area contributed by atoms with Crippen molar-refractivity contribution in [3.8, 4) is 0 Å². The van der Waals surface area contributed by atoms with Crippen LogP contribution in [-0.2, 0) is 0 Å². The summed E-state index contributed by atoms with van der Waals surface area (Å²) < 4.78 is 0. The van der Waals surface area contributed by atoms with Crippen LogP contribution in [0.3, 0.4) is 0 Å². The van der Waals surface area contributed by atoms with Crippen LogP contribution in [0.5, 0.6) is 0 Å². The number of nitrogens with one attached hydrogen (secondary N) is 1. The predicted molar refractivity (Wildman–Crippen MR) is 73.5 cm³/mol. The first kappa shape index (κ1) is 12.7. The normalized spacial score (nSPS) is 24.6. The van der Waals surface area contributed by atoms with E-state index in [0.717, 1.165) is 24.1 Å². The zero-order chi connectivity index (χ0) is 12.1. The second kappa shape index (κ2) is 6.25. The number of rotatable bonds is 4. The summed E-state index contributed by atoms with van der Waals surface area (Å²) in [6.45, 7) is 3.42. The zero-order valence-electron chi connectivity index (χ0n) is 10.5. The van der Waals surface area contributed by atoms with E-state index >= 15 is 0 Å². The molecule has 0 radical (unpaired) electrons. The van der Waals surface area contributed by atoms with Crippen LogP contribution in [0.15, 0.2) is 18.3 Å². The van der Waals surface area contributed by atoms with E-state index in [4.69, 9.17) is 11.6 Å². The predicted octanol–water partition coefficient (Wildman–Crippen LogP) is 4.36. The minimum absolute atomic E-state index is 0.557. The van der Waals surface area contributed by atoms with E-state index in [-0.39, 0.29) is 0 Å². The molecule has 1 aliphatic carbocycles. The zero-order valence-corrected chi connectivity index (χ0v) is 11.2. The van der Waals surface area contributed by atoms with Crippen molar-refractivity contribution in [2.75, 3.05) is 11.9 Å². The maximum atomic E-state index is 5.84. The van der Waals surface area contributed by atoms with Crippen molar-refractivity contribution in [1.29, 1.82) is 0 Å². The van der Waals surface area contributed by atoms with Gasteiger partial charge in [0.25, 0.3) is 0 Å². The van der Waals surface area contributed by atoms with Crippen molar-refractivity contribution in [3.05, 3.63) is 23.5 Å². The lowest BCUT2D eigenvalue weighted by molar-refractivity contribution is 0.274. The SMILES string of the molecule is CC1CCCC(CCNc2ccnc(Cl)c2)C1. The summed E-state index contributed by atoms with van der Waals surface area (Å²) in [5.74, 6) is 1.83. The number of hydrogen-bond donors (Lipinski definition) is 1. The molecule has 0 aromatic carbocycles. The Morgan fingerprint density at radius 1 is 1.47 bits per heavy atom. The van der Waals surface area contributed by atoms with Gasteiger partial charge >= 0.3 is 0 Å². The Hall–Kier alpha value is -0.760. The van der Waals surface area contributed by atoms with E-state index in [1.165, 1.54) is 32.1 Å². The van der Waals surface area contributed by atoms with Crippen LogP contribution in [0.25, 0.3) is 0 Å². The van der Waals surface area contributed by atoms with Crippen LogP contribution in [-0.4, -0.2) is 11.5 Å². The molecule has 0 saturated heterocycles. The Morgan fingerprint density at radius 3 is 3.12 bits per heavy atom. The van der Waals surface area contributed by atoms with E-state index < -0.39 is 0 Å². The second-order valence-electron chi connectivity index (χ2n) is 5.22. The number of pyridine rings is 1. The van der Waals surface area contributed by atoms with E-state index in [1.807, 2.05) is 12.1 Å². The lowest BCUT2D eigenvalue weighted by Gasteiger charge is -2.26. The monoisotopic (exact) mass is 252 g/mol. The highest BCUT2D eigenvalue weighted by atomic mass is 35.5. The van der Waals surface area contributed by atoms with Gasteiger partial charge < -0.3 is 5.32 Å². The lowest BCUT2D eigenvalue weighted by atomic mass is 9.81. The van der Waals surface area contributed by atoms with Crippen molar-refractivity contribution < 1.29 is 0 Å². The number of halogens is 1. The quantitative estimate of drug-likeness (QED) is 0.806. The van der Waals surface area contributed by atoms with Crippen LogP contribution < -0.4 is 5.32 Å². The molecular weight excluding hydrogens is 232 g/mol. The first-order chi connectivity index (χ1) is 8.24. The van der Waals surface area contributed by atoms with Gasteiger partial charge in [0, 0.05) is 18.4 Å². The summed E-state index contributed by atoms with van der Waals surface area (Å²) >= 11 is 5.84. The fourth-order valence-corrected chi connectivity index (χ4v) is 2.93. The fourth-order valence-electron chi connectivity index (χ4n) is 2.75. The lowest BCUT2D eigenvalue weighted by Crippen LogP contribution is -2.16. The molecule has 2 atom stereocenters. The summed E-state index contributed by atoms with van der Waals surface area (Å²) in [7, 11) is 0. The van der Waals surface area contributed by atoms with Crippen LogP contribution in [0, 0.1) is 11.8 Å². The third kappa shape index (κ3) is 4.19. The van der Waals surface area contributed by atoms with Crippen LogP contribution in [0.1, 0.15) is 39.0 Å². The molecule has 1 aliphatic rings. The summed E-state index contributed by atoms with van der Waals surface area (Å²) in [5.41, 5.74) is 1.08. The first-order valence-corrected chi connectivity index (χ1v) is 6.97. The molecule has 17 heavy (non-hydrogen) atoms. The molecule has 1 aromatic rings. The first-order valence-electron chi connectivity index (χ1n) is 6.59. The van der Waals surface area contributed by atoms with E-state index in [0.29, 0.717) is 5.15 Å². The summed E-state index contributed by atoms with van der Waals surface area (Å²) in [4.78, 5) is 3.97. The van der Waals surface area contributed by atoms with Gasteiger partial charge in [-0.3, -0.25) is 0 Å². The number of anilines is 1. The van der Waals surface area contributed by atoms with Crippen LogP contribution >= 0.6 is 11.6 Å². The van der Waals surface area contributed by atoms with Gasteiger partial charge in [0.1, 0.15) is 5.15 Å². The van der Waals surface area contributed by atoms with Crippen molar-refractivity contribution in [3.63, 3.8) is 0 Å². The van der Waals surface area contributed by atoms with E-state index in [1.54, 1.807) is 6.20 Å². The smallest absolute Gasteiger partial charge is 0.131 e. The molecule has 1 fully saturated rings. The largest absolute Gasteiger partial charge is 0.385 e. The molecule has 1 N–H and O–H groups in total. The van der Waals surface area contributed by atoms with Gasteiger partial charge in [-0.25, -0.2) is 4.98 Å². The standard InChI is InChI=1S/C14H21ClN2/c1-11-3-2-4-12(9-11)5-7-16-13-6-8-17-14(15)10-13/h6,8,10-12H,2-5,7,9H2,1H3,(H,16,17). The van der Waals surface area contributed by atoms with E-state index in [2.05, 4.69) is 17.2 Å². The molecule has 1 heterocycles.